The van der Waals surface area contributed by atoms with E-state index in [4.69, 9.17) is 11.6 Å². The number of hydrogen-bond donors (Lipinski definition) is 0. The van der Waals surface area contributed by atoms with Crippen molar-refractivity contribution in [1.29, 1.82) is 0 Å². The van der Waals surface area contributed by atoms with Gasteiger partial charge in [0.15, 0.2) is 0 Å². The molecule has 0 heterocycles. The van der Waals surface area contributed by atoms with E-state index >= 15 is 0 Å². The van der Waals surface area contributed by atoms with Crippen LogP contribution in [0.25, 0.3) is 0 Å². The van der Waals surface area contributed by atoms with Crippen LogP contribution in [0, 0.1) is 0 Å². The number of hydrogen-bond acceptors (Lipinski definition) is 1. The van der Waals surface area contributed by atoms with Crippen molar-refractivity contribution in [2.75, 3.05) is 5.88 Å². The number of carbonyl (C=O) groups excluding carboxylic acids is 1. The molecule has 13 heavy (non-hydrogen) atoms. The van der Waals surface area contributed by atoms with E-state index < -0.39 is 0 Å². The Morgan fingerprint density at radius 3 is 2.38 bits per heavy atom. The minimum atomic E-state index is 0.729. The maximum atomic E-state index is 10.4. The molecule has 0 aliphatic heterocycles. The zero-order chi connectivity index (χ0) is 9.52. The van der Waals surface area contributed by atoms with Gasteiger partial charge in [-0.25, -0.2) is 0 Å². The SMILES string of the molecule is O=Cc1ccc(CCCCCl)cc1. The Bertz CT molecular complexity index is 253. The molecule has 0 N–H and O–H groups in total. The van der Waals surface area contributed by atoms with Gasteiger partial charge >= 0.3 is 0 Å². The molecule has 1 aromatic rings. The average molecular weight is 197 g/mol. The second-order valence-corrected chi connectivity index (χ2v) is 3.38. The lowest BCUT2D eigenvalue weighted by molar-refractivity contribution is 0.112. The number of aryl methyl sites for hydroxylation is 1. The molecular weight excluding hydrogens is 184 g/mol. The first-order valence-electron chi connectivity index (χ1n) is 4.47. The highest BCUT2D eigenvalue weighted by molar-refractivity contribution is 6.17. The van der Waals surface area contributed by atoms with Gasteiger partial charge in [0.25, 0.3) is 0 Å². The number of aldehydes is 1. The molecule has 0 fully saturated rings. The molecule has 0 radical (unpaired) electrons. The second-order valence-electron chi connectivity index (χ2n) is 3.01. The molecule has 0 saturated carbocycles. The number of carbonyl (C=O) groups is 1. The Kier molecular flexibility index (Phi) is 4.55. The normalized spacial score (nSPS) is 9.92. The van der Waals surface area contributed by atoms with E-state index in [0.717, 1.165) is 37.0 Å². The lowest BCUT2D eigenvalue weighted by Gasteiger charge is -1.99. The average Bonchev–Trinajstić information content (AvgIpc) is 2.19. The highest BCUT2D eigenvalue weighted by atomic mass is 35.5. The van der Waals surface area contributed by atoms with E-state index in [1.165, 1.54) is 5.56 Å². The molecule has 0 saturated heterocycles. The standard InChI is InChI=1S/C11H13ClO/c12-8-2-1-3-10-4-6-11(9-13)7-5-10/h4-7,9H,1-3,8H2. The van der Waals surface area contributed by atoms with E-state index in [-0.39, 0.29) is 0 Å². The van der Waals surface area contributed by atoms with Gasteiger partial charge in [-0.2, -0.15) is 0 Å². The van der Waals surface area contributed by atoms with Gasteiger partial charge in [-0.05, 0) is 24.8 Å². The molecule has 1 aromatic carbocycles. The molecule has 0 aliphatic carbocycles. The van der Waals surface area contributed by atoms with Crippen molar-refractivity contribution in [2.45, 2.75) is 19.3 Å². The summed E-state index contributed by atoms with van der Waals surface area (Å²) in [5, 5.41) is 0. The summed E-state index contributed by atoms with van der Waals surface area (Å²) in [7, 11) is 0. The Hall–Kier alpha value is -0.820. The minimum absolute atomic E-state index is 0.729. The predicted molar refractivity (Wildman–Crippen MR) is 55.5 cm³/mol. The van der Waals surface area contributed by atoms with E-state index in [0.29, 0.717) is 0 Å². The van der Waals surface area contributed by atoms with Crippen molar-refractivity contribution < 1.29 is 4.79 Å². The fourth-order valence-corrected chi connectivity index (χ4v) is 1.38. The minimum Gasteiger partial charge on any atom is -0.298 e. The van der Waals surface area contributed by atoms with Gasteiger partial charge in [0, 0.05) is 11.4 Å². The lowest BCUT2D eigenvalue weighted by atomic mass is 10.1. The topological polar surface area (TPSA) is 17.1 Å². The summed E-state index contributed by atoms with van der Waals surface area (Å²) in [6.07, 6.45) is 4.08. The maximum absolute atomic E-state index is 10.4. The van der Waals surface area contributed by atoms with Crippen LogP contribution in [0.5, 0.6) is 0 Å². The van der Waals surface area contributed by atoms with Crippen LogP contribution in [0.4, 0.5) is 0 Å². The molecule has 0 bridgehead atoms. The highest BCUT2D eigenvalue weighted by Gasteiger charge is 1.93. The summed E-state index contributed by atoms with van der Waals surface area (Å²) in [4.78, 5) is 10.4. The Labute approximate surface area is 83.7 Å². The first-order chi connectivity index (χ1) is 6.36. The molecule has 0 amide bonds. The van der Waals surface area contributed by atoms with E-state index in [1.807, 2.05) is 24.3 Å². The van der Waals surface area contributed by atoms with Crippen molar-refractivity contribution in [3.63, 3.8) is 0 Å². The van der Waals surface area contributed by atoms with Gasteiger partial charge in [-0.1, -0.05) is 24.3 Å². The van der Waals surface area contributed by atoms with Crippen LogP contribution in [-0.4, -0.2) is 12.2 Å². The number of benzene rings is 1. The largest absolute Gasteiger partial charge is 0.298 e. The monoisotopic (exact) mass is 196 g/mol. The van der Waals surface area contributed by atoms with Crippen LogP contribution in [-0.2, 0) is 6.42 Å². The molecule has 0 unspecified atom stereocenters. The molecule has 0 aliphatic rings. The molecule has 0 aromatic heterocycles. The van der Waals surface area contributed by atoms with E-state index in [9.17, 15) is 4.79 Å². The van der Waals surface area contributed by atoms with E-state index in [2.05, 4.69) is 0 Å². The fourth-order valence-electron chi connectivity index (χ4n) is 1.19. The van der Waals surface area contributed by atoms with Crippen molar-refractivity contribution >= 4 is 17.9 Å². The van der Waals surface area contributed by atoms with Crippen molar-refractivity contribution in [1.82, 2.24) is 0 Å². The van der Waals surface area contributed by atoms with Crippen LogP contribution >= 0.6 is 11.6 Å². The van der Waals surface area contributed by atoms with E-state index in [1.54, 1.807) is 0 Å². The molecule has 70 valence electrons. The third-order valence-electron chi connectivity index (χ3n) is 1.96. The third kappa shape index (κ3) is 3.60. The first-order valence-corrected chi connectivity index (χ1v) is 5.00. The zero-order valence-corrected chi connectivity index (χ0v) is 8.26. The number of alkyl halides is 1. The summed E-state index contributed by atoms with van der Waals surface area (Å²) in [6.45, 7) is 0. The summed E-state index contributed by atoms with van der Waals surface area (Å²) < 4.78 is 0. The van der Waals surface area contributed by atoms with Crippen LogP contribution in [0.3, 0.4) is 0 Å². The molecule has 2 heteroatoms. The number of halogens is 1. The molecule has 0 atom stereocenters. The quantitative estimate of drug-likeness (QED) is 0.402. The maximum Gasteiger partial charge on any atom is 0.150 e. The van der Waals surface area contributed by atoms with Crippen LogP contribution in [0.15, 0.2) is 24.3 Å². The number of unbranched alkanes of at least 4 members (excludes halogenated alkanes) is 1. The van der Waals surface area contributed by atoms with Crippen LogP contribution in [0.1, 0.15) is 28.8 Å². The molecule has 1 rings (SSSR count). The smallest absolute Gasteiger partial charge is 0.150 e. The molecule has 0 spiro atoms. The number of rotatable bonds is 5. The van der Waals surface area contributed by atoms with Crippen molar-refractivity contribution in [3.05, 3.63) is 35.4 Å². The van der Waals surface area contributed by atoms with Gasteiger partial charge in [-0.3, -0.25) is 4.79 Å². The predicted octanol–water partition coefficient (Wildman–Crippen LogP) is 3.06. The lowest BCUT2D eigenvalue weighted by Crippen LogP contribution is -1.87. The van der Waals surface area contributed by atoms with Gasteiger partial charge in [0.2, 0.25) is 0 Å². The molecular formula is C11H13ClO. The van der Waals surface area contributed by atoms with Gasteiger partial charge in [-0.15, -0.1) is 11.6 Å². The Morgan fingerprint density at radius 1 is 1.15 bits per heavy atom. The van der Waals surface area contributed by atoms with Crippen molar-refractivity contribution in [2.24, 2.45) is 0 Å². The fraction of sp³-hybridized carbons (Fsp3) is 0.364. The van der Waals surface area contributed by atoms with Crippen LogP contribution in [0.2, 0.25) is 0 Å². The van der Waals surface area contributed by atoms with Gasteiger partial charge in [0.05, 0.1) is 0 Å². The summed E-state index contributed by atoms with van der Waals surface area (Å²) in [5.41, 5.74) is 2.01. The summed E-state index contributed by atoms with van der Waals surface area (Å²) >= 11 is 5.57. The van der Waals surface area contributed by atoms with Crippen molar-refractivity contribution in [3.8, 4) is 0 Å². The second kappa shape index (κ2) is 5.76. The van der Waals surface area contributed by atoms with Crippen LogP contribution < -0.4 is 0 Å². The summed E-state index contributed by atoms with van der Waals surface area (Å²) in [6, 6.07) is 7.70. The van der Waals surface area contributed by atoms with Gasteiger partial charge in [0.1, 0.15) is 6.29 Å². The first kappa shape index (κ1) is 10.3. The third-order valence-corrected chi connectivity index (χ3v) is 2.23. The van der Waals surface area contributed by atoms with Gasteiger partial charge < -0.3 is 0 Å². The summed E-state index contributed by atoms with van der Waals surface area (Å²) in [5.74, 6) is 0.729. The Balaban J connectivity index is 2.44. The Morgan fingerprint density at radius 2 is 1.85 bits per heavy atom. The highest BCUT2D eigenvalue weighted by Crippen LogP contribution is 2.07. The molecule has 1 nitrogen and oxygen atoms in total. The zero-order valence-electron chi connectivity index (χ0n) is 7.50.